The Hall–Kier alpha value is -2.89. The third-order valence-corrected chi connectivity index (χ3v) is 4.71. The second-order valence-electron chi connectivity index (χ2n) is 6.57. The number of benzene rings is 1. The van der Waals surface area contributed by atoms with Crippen molar-refractivity contribution in [1.82, 2.24) is 10.3 Å². The molecule has 2 aromatic rings. The molecule has 26 heavy (non-hydrogen) atoms. The summed E-state index contributed by atoms with van der Waals surface area (Å²) < 4.78 is 5.65. The van der Waals surface area contributed by atoms with E-state index in [0.717, 1.165) is 25.7 Å². The van der Waals surface area contributed by atoms with Crippen molar-refractivity contribution in [3.05, 3.63) is 54.4 Å². The summed E-state index contributed by atoms with van der Waals surface area (Å²) in [5.74, 6) is -0.142. The summed E-state index contributed by atoms with van der Waals surface area (Å²) in [5, 5.41) is 12.4. The van der Waals surface area contributed by atoms with Gasteiger partial charge in [-0.2, -0.15) is 0 Å². The van der Waals surface area contributed by atoms with Crippen LogP contribution in [0.25, 0.3) is 0 Å². The van der Waals surface area contributed by atoms with Crippen molar-refractivity contribution >= 4 is 11.9 Å². The fourth-order valence-electron chi connectivity index (χ4n) is 3.23. The highest BCUT2D eigenvalue weighted by molar-refractivity contribution is 5.98. The fraction of sp³-hybridized carbons (Fsp3) is 0.350. The van der Waals surface area contributed by atoms with Gasteiger partial charge in [0.2, 0.25) is 0 Å². The molecule has 0 bridgehead atoms. The van der Waals surface area contributed by atoms with E-state index in [1.165, 1.54) is 0 Å². The van der Waals surface area contributed by atoms with E-state index in [2.05, 4.69) is 10.3 Å². The zero-order valence-electron chi connectivity index (χ0n) is 14.5. The summed E-state index contributed by atoms with van der Waals surface area (Å²) in [4.78, 5) is 28.4. The van der Waals surface area contributed by atoms with Gasteiger partial charge in [-0.05, 0) is 49.2 Å². The van der Waals surface area contributed by atoms with E-state index < -0.39 is 11.5 Å². The summed E-state index contributed by atoms with van der Waals surface area (Å²) in [7, 11) is 0. The van der Waals surface area contributed by atoms with Crippen molar-refractivity contribution < 1.29 is 19.4 Å². The molecule has 3 rings (SSSR count). The first-order valence-corrected chi connectivity index (χ1v) is 8.83. The predicted octanol–water partition coefficient (Wildman–Crippen LogP) is 3.78. The molecular formula is C20H22N2O4. The van der Waals surface area contributed by atoms with E-state index in [0.29, 0.717) is 29.9 Å². The van der Waals surface area contributed by atoms with Gasteiger partial charge in [-0.1, -0.05) is 25.7 Å². The first kappa shape index (κ1) is 17.9. The topological polar surface area (TPSA) is 88.5 Å². The number of pyridine rings is 1. The van der Waals surface area contributed by atoms with Crippen LogP contribution in [0.5, 0.6) is 11.5 Å². The second-order valence-corrected chi connectivity index (χ2v) is 6.57. The van der Waals surface area contributed by atoms with Crippen LogP contribution in [0.3, 0.4) is 0 Å². The third-order valence-electron chi connectivity index (χ3n) is 4.71. The Bertz CT molecular complexity index is 751. The Balaban J connectivity index is 1.70. The number of carbonyl (C=O) groups excluding carboxylic acids is 1. The average molecular weight is 354 g/mol. The molecule has 2 N–H and O–H groups in total. The number of aromatic nitrogens is 1. The molecule has 1 aromatic heterocycles. The Kier molecular flexibility index (Phi) is 5.51. The minimum absolute atomic E-state index is 0.373. The van der Waals surface area contributed by atoms with Crippen LogP contribution in [0.4, 0.5) is 0 Å². The van der Waals surface area contributed by atoms with E-state index in [1.807, 2.05) is 0 Å². The molecule has 1 fully saturated rings. The molecule has 1 aliphatic carbocycles. The maximum Gasteiger partial charge on any atom is 0.329 e. The van der Waals surface area contributed by atoms with Gasteiger partial charge in [0.1, 0.15) is 17.0 Å². The van der Waals surface area contributed by atoms with Crippen LogP contribution < -0.4 is 10.1 Å². The standard InChI is InChI=1S/C20H22N2O4/c23-18(22-20(19(24)25)11-3-1-2-4-12-20)15-7-9-16(10-8-15)26-17-6-5-13-21-14-17/h5-10,13-14H,1-4,11-12H2,(H,22,23)(H,24,25). The summed E-state index contributed by atoms with van der Waals surface area (Å²) in [5.41, 5.74) is -0.758. The van der Waals surface area contributed by atoms with Crippen molar-refractivity contribution in [3.8, 4) is 11.5 Å². The summed E-state index contributed by atoms with van der Waals surface area (Å²) in [6.45, 7) is 0. The highest BCUT2D eigenvalue weighted by atomic mass is 16.5. The van der Waals surface area contributed by atoms with Gasteiger partial charge in [-0.25, -0.2) is 4.79 Å². The largest absolute Gasteiger partial charge is 0.480 e. The molecule has 0 spiro atoms. The number of carbonyl (C=O) groups is 2. The van der Waals surface area contributed by atoms with E-state index in [9.17, 15) is 14.7 Å². The van der Waals surface area contributed by atoms with Gasteiger partial charge >= 0.3 is 5.97 Å². The highest BCUT2D eigenvalue weighted by Gasteiger charge is 2.40. The van der Waals surface area contributed by atoms with Gasteiger partial charge in [-0.3, -0.25) is 9.78 Å². The molecule has 1 aromatic carbocycles. The van der Waals surface area contributed by atoms with Crippen LogP contribution in [0, 0.1) is 0 Å². The molecule has 1 saturated carbocycles. The minimum Gasteiger partial charge on any atom is -0.480 e. The first-order chi connectivity index (χ1) is 12.6. The molecule has 6 heteroatoms. The van der Waals surface area contributed by atoms with Crippen molar-refractivity contribution in [1.29, 1.82) is 0 Å². The summed E-state index contributed by atoms with van der Waals surface area (Å²) in [6, 6.07) is 10.2. The lowest BCUT2D eigenvalue weighted by molar-refractivity contribution is -0.145. The summed E-state index contributed by atoms with van der Waals surface area (Å²) in [6.07, 6.45) is 7.83. The van der Waals surface area contributed by atoms with Crippen LogP contribution in [0.1, 0.15) is 48.9 Å². The van der Waals surface area contributed by atoms with Crippen LogP contribution in [-0.4, -0.2) is 27.5 Å². The van der Waals surface area contributed by atoms with Crippen molar-refractivity contribution in [3.63, 3.8) is 0 Å². The molecule has 6 nitrogen and oxygen atoms in total. The fourth-order valence-corrected chi connectivity index (χ4v) is 3.23. The van der Waals surface area contributed by atoms with Crippen molar-refractivity contribution in [2.45, 2.75) is 44.1 Å². The van der Waals surface area contributed by atoms with Gasteiger partial charge in [-0.15, -0.1) is 0 Å². The molecule has 1 heterocycles. The molecule has 0 unspecified atom stereocenters. The van der Waals surface area contributed by atoms with E-state index in [-0.39, 0.29) is 5.91 Å². The molecule has 136 valence electrons. The Morgan fingerprint density at radius 2 is 1.69 bits per heavy atom. The van der Waals surface area contributed by atoms with Gasteiger partial charge in [0.15, 0.2) is 0 Å². The number of hydrogen-bond donors (Lipinski definition) is 2. The van der Waals surface area contributed by atoms with Gasteiger partial charge < -0.3 is 15.2 Å². The average Bonchev–Trinajstić information content (AvgIpc) is 2.90. The molecule has 1 amide bonds. The maximum atomic E-state index is 12.6. The van der Waals surface area contributed by atoms with E-state index >= 15 is 0 Å². The molecule has 0 saturated heterocycles. The highest BCUT2D eigenvalue weighted by Crippen LogP contribution is 2.28. The quantitative estimate of drug-likeness (QED) is 0.798. The number of hydrogen-bond acceptors (Lipinski definition) is 4. The van der Waals surface area contributed by atoms with Crippen molar-refractivity contribution in [2.24, 2.45) is 0 Å². The van der Waals surface area contributed by atoms with Crippen LogP contribution in [-0.2, 0) is 4.79 Å². The Morgan fingerprint density at radius 3 is 2.27 bits per heavy atom. The van der Waals surface area contributed by atoms with E-state index in [4.69, 9.17) is 4.74 Å². The van der Waals surface area contributed by atoms with Gasteiger partial charge in [0, 0.05) is 11.8 Å². The van der Waals surface area contributed by atoms with Gasteiger partial charge in [0.05, 0.1) is 6.20 Å². The monoisotopic (exact) mass is 354 g/mol. The smallest absolute Gasteiger partial charge is 0.329 e. The number of carboxylic acid groups (broad SMARTS) is 1. The summed E-state index contributed by atoms with van der Waals surface area (Å²) >= 11 is 0. The molecule has 0 aliphatic heterocycles. The molecular weight excluding hydrogens is 332 g/mol. The van der Waals surface area contributed by atoms with Crippen LogP contribution >= 0.6 is 0 Å². The number of rotatable bonds is 5. The lowest BCUT2D eigenvalue weighted by Gasteiger charge is -2.29. The second kappa shape index (κ2) is 7.99. The lowest BCUT2D eigenvalue weighted by atomic mass is 9.90. The number of nitrogens with zero attached hydrogens (tertiary/aromatic N) is 1. The Labute approximate surface area is 152 Å². The normalized spacial score (nSPS) is 16.3. The minimum atomic E-state index is -1.17. The Morgan fingerprint density at radius 1 is 1.00 bits per heavy atom. The predicted molar refractivity (Wildman–Crippen MR) is 96.3 cm³/mol. The van der Waals surface area contributed by atoms with Gasteiger partial charge in [0.25, 0.3) is 5.91 Å². The number of nitrogens with one attached hydrogen (secondary N) is 1. The SMILES string of the molecule is O=C(NC1(C(=O)O)CCCCCC1)c1ccc(Oc2cccnc2)cc1. The number of ether oxygens (including phenoxy) is 1. The lowest BCUT2D eigenvalue weighted by Crippen LogP contribution is -2.54. The van der Waals surface area contributed by atoms with Crippen LogP contribution in [0.2, 0.25) is 0 Å². The zero-order valence-corrected chi connectivity index (χ0v) is 14.5. The molecule has 0 radical (unpaired) electrons. The first-order valence-electron chi connectivity index (χ1n) is 8.83. The third kappa shape index (κ3) is 4.20. The maximum absolute atomic E-state index is 12.6. The van der Waals surface area contributed by atoms with Crippen molar-refractivity contribution in [2.75, 3.05) is 0 Å². The van der Waals surface area contributed by atoms with Crippen LogP contribution in [0.15, 0.2) is 48.8 Å². The zero-order chi connectivity index (χ0) is 18.4. The molecule has 1 aliphatic rings. The number of amides is 1. The number of carboxylic acids is 1. The number of aliphatic carboxylic acids is 1. The van der Waals surface area contributed by atoms with E-state index in [1.54, 1.807) is 48.8 Å². The molecule has 0 atom stereocenters.